The van der Waals surface area contributed by atoms with E-state index in [1.807, 2.05) is 4.90 Å². The van der Waals surface area contributed by atoms with Gasteiger partial charge in [0, 0.05) is 19.1 Å². The van der Waals surface area contributed by atoms with Gasteiger partial charge in [-0.2, -0.15) is 0 Å². The number of aryl methyl sites for hydroxylation is 1. The molecule has 0 radical (unpaired) electrons. The van der Waals surface area contributed by atoms with Crippen LogP contribution in [0.5, 0.6) is 0 Å². The van der Waals surface area contributed by atoms with Gasteiger partial charge in [-0.15, -0.1) is 5.10 Å². The van der Waals surface area contributed by atoms with E-state index in [1.165, 1.54) is 12.1 Å². The minimum absolute atomic E-state index is 0.0849. The lowest BCUT2D eigenvalue weighted by Gasteiger charge is -2.35. The summed E-state index contributed by atoms with van der Waals surface area (Å²) in [6.45, 7) is 3.22. The molecule has 7 heteroatoms. The van der Waals surface area contributed by atoms with E-state index in [1.54, 1.807) is 30.1 Å². The minimum atomic E-state index is -0.257. The van der Waals surface area contributed by atoms with Crippen LogP contribution in [-0.2, 0) is 20.0 Å². The molecule has 3 rings (SSSR count). The number of carbonyl (C=O) groups is 1. The fourth-order valence-electron chi connectivity index (χ4n) is 3.33. The first kappa shape index (κ1) is 16.4. The molecule has 2 heterocycles. The minimum Gasteiger partial charge on any atom is -0.332 e. The molecule has 1 aliphatic rings. The van der Waals surface area contributed by atoms with Gasteiger partial charge >= 0.3 is 6.03 Å². The van der Waals surface area contributed by atoms with Crippen LogP contribution in [0, 0.1) is 5.82 Å². The molecule has 0 aliphatic carbocycles. The standard InChI is InChI=1S/C17H22FN5O/c1-17(10-13-4-6-14(18)7-5-13)8-3-9-23(17)16(24)19-11-15-12-20-21-22(15)2/h4-7,12H,3,8-11H2,1-2H3,(H,19,24). The van der Waals surface area contributed by atoms with Crippen molar-refractivity contribution in [3.05, 3.63) is 47.5 Å². The van der Waals surface area contributed by atoms with Gasteiger partial charge in [0.05, 0.1) is 18.4 Å². The van der Waals surface area contributed by atoms with Crippen LogP contribution in [0.3, 0.4) is 0 Å². The lowest BCUT2D eigenvalue weighted by atomic mass is 9.90. The zero-order valence-corrected chi connectivity index (χ0v) is 14.0. The highest BCUT2D eigenvalue weighted by Crippen LogP contribution is 2.32. The summed E-state index contributed by atoms with van der Waals surface area (Å²) in [5.41, 5.74) is 1.63. The first-order chi connectivity index (χ1) is 11.5. The number of nitrogens with one attached hydrogen (secondary N) is 1. The van der Waals surface area contributed by atoms with Crippen LogP contribution >= 0.6 is 0 Å². The molecule has 1 aromatic heterocycles. The summed E-state index contributed by atoms with van der Waals surface area (Å²) >= 11 is 0. The molecule has 0 bridgehead atoms. The number of urea groups is 1. The van der Waals surface area contributed by atoms with Crippen LogP contribution in [0.15, 0.2) is 30.5 Å². The second kappa shape index (κ2) is 6.59. The third kappa shape index (κ3) is 3.39. The maximum atomic E-state index is 13.1. The van der Waals surface area contributed by atoms with Crippen molar-refractivity contribution in [2.24, 2.45) is 7.05 Å². The summed E-state index contributed by atoms with van der Waals surface area (Å²) in [4.78, 5) is 14.5. The molecule has 1 fully saturated rings. The summed E-state index contributed by atoms with van der Waals surface area (Å²) in [6.07, 6.45) is 4.26. The molecule has 0 spiro atoms. The van der Waals surface area contributed by atoms with Gasteiger partial charge in [0.25, 0.3) is 0 Å². The average Bonchev–Trinajstić information content (AvgIpc) is 3.13. The normalized spacial score (nSPS) is 20.4. The Kier molecular flexibility index (Phi) is 4.51. The fourth-order valence-corrected chi connectivity index (χ4v) is 3.33. The van der Waals surface area contributed by atoms with E-state index in [2.05, 4.69) is 22.6 Å². The van der Waals surface area contributed by atoms with E-state index in [-0.39, 0.29) is 17.4 Å². The molecule has 1 saturated heterocycles. The molecule has 2 aromatic rings. The molecule has 24 heavy (non-hydrogen) atoms. The first-order valence-electron chi connectivity index (χ1n) is 8.11. The number of rotatable bonds is 4. The predicted octanol–water partition coefficient (Wildman–Crippen LogP) is 2.26. The van der Waals surface area contributed by atoms with Crippen LogP contribution in [0.1, 0.15) is 31.0 Å². The van der Waals surface area contributed by atoms with E-state index < -0.39 is 0 Å². The molecule has 1 unspecified atom stereocenters. The summed E-state index contributed by atoms with van der Waals surface area (Å²) in [5, 5.41) is 10.6. The van der Waals surface area contributed by atoms with Crippen molar-refractivity contribution in [1.29, 1.82) is 0 Å². The zero-order chi connectivity index (χ0) is 17.2. The third-order valence-electron chi connectivity index (χ3n) is 4.72. The number of carbonyl (C=O) groups excluding carboxylic acids is 1. The van der Waals surface area contributed by atoms with E-state index >= 15 is 0 Å². The highest BCUT2D eigenvalue weighted by molar-refractivity contribution is 5.75. The predicted molar refractivity (Wildman–Crippen MR) is 87.7 cm³/mol. The highest BCUT2D eigenvalue weighted by Gasteiger charge is 2.39. The SMILES string of the molecule is Cn1nncc1CNC(=O)N1CCCC1(C)Cc1ccc(F)cc1. The van der Waals surface area contributed by atoms with Gasteiger partial charge in [-0.1, -0.05) is 17.3 Å². The molecule has 1 N–H and O–H groups in total. The van der Waals surface area contributed by atoms with Gasteiger partial charge in [0.15, 0.2) is 0 Å². The van der Waals surface area contributed by atoms with Crippen molar-refractivity contribution in [3.63, 3.8) is 0 Å². The lowest BCUT2D eigenvalue weighted by Crippen LogP contribution is -2.50. The molecule has 1 aromatic carbocycles. The number of aromatic nitrogens is 3. The molecular formula is C17H22FN5O. The van der Waals surface area contributed by atoms with Crippen molar-refractivity contribution in [2.45, 2.75) is 38.3 Å². The Morgan fingerprint density at radius 2 is 2.12 bits per heavy atom. The molecule has 0 saturated carbocycles. The number of hydrogen-bond donors (Lipinski definition) is 1. The van der Waals surface area contributed by atoms with Gasteiger partial charge in [-0.05, 0) is 43.9 Å². The Labute approximate surface area is 140 Å². The Bertz CT molecular complexity index is 714. The van der Waals surface area contributed by atoms with Crippen LogP contribution in [-0.4, -0.2) is 38.0 Å². The Morgan fingerprint density at radius 1 is 1.38 bits per heavy atom. The van der Waals surface area contributed by atoms with E-state index in [0.717, 1.165) is 30.6 Å². The van der Waals surface area contributed by atoms with E-state index in [9.17, 15) is 9.18 Å². The zero-order valence-electron chi connectivity index (χ0n) is 14.0. The number of hydrogen-bond acceptors (Lipinski definition) is 3. The first-order valence-corrected chi connectivity index (χ1v) is 8.11. The summed E-state index contributed by atoms with van der Waals surface area (Å²) in [5.74, 6) is -0.241. The lowest BCUT2D eigenvalue weighted by molar-refractivity contribution is 0.155. The monoisotopic (exact) mass is 331 g/mol. The van der Waals surface area contributed by atoms with Crippen LogP contribution in [0.2, 0.25) is 0 Å². The number of amides is 2. The number of benzene rings is 1. The second-order valence-corrected chi connectivity index (χ2v) is 6.56. The number of likely N-dealkylation sites (tertiary alicyclic amines) is 1. The summed E-state index contributed by atoms with van der Waals surface area (Å²) in [7, 11) is 1.79. The van der Waals surface area contributed by atoms with Crippen LogP contribution in [0.25, 0.3) is 0 Å². The van der Waals surface area contributed by atoms with Crippen molar-refractivity contribution in [2.75, 3.05) is 6.54 Å². The van der Waals surface area contributed by atoms with Gasteiger partial charge in [-0.3, -0.25) is 4.68 Å². The van der Waals surface area contributed by atoms with Crippen molar-refractivity contribution in [3.8, 4) is 0 Å². The number of halogens is 1. The molecule has 2 amide bonds. The van der Waals surface area contributed by atoms with Gasteiger partial charge in [0.2, 0.25) is 0 Å². The summed E-state index contributed by atoms with van der Waals surface area (Å²) < 4.78 is 14.7. The molecule has 128 valence electrons. The Balaban J connectivity index is 1.66. The maximum Gasteiger partial charge on any atom is 0.318 e. The van der Waals surface area contributed by atoms with Gasteiger partial charge in [0.1, 0.15) is 5.82 Å². The highest BCUT2D eigenvalue weighted by atomic mass is 19.1. The van der Waals surface area contributed by atoms with E-state index in [0.29, 0.717) is 13.0 Å². The van der Waals surface area contributed by atoms with Crippen molar-refractivity contribution < 1.29 is 9.18 Å². The summed E-state index contributed by atoms with van der Waals surface area (Å²) in [6, 6.07) is 6.42. The fraction of sp³-hybridized carbons (Fsp3) is 0.471. The average molecular weight is 331 g/mol. The molecule has 1 atom stereocenters. The Hall–Kier alpha value is -2.44. The van der Waals surface area contributed by atoms with Crippen LogP contribution < -0.4 is 5.32 Å². The Morgan fingerprint density at radius 3 is 2.79 bits per heavy atom. The smallest absolute Gasteiger partial charge is 0.318 e. The maximum absolute atomic E-state index is 13.1. The molecule has 1 aliphatic heterocycles. The molecular weight excluding hydrogens is 309 g/mol. The van der Waals surface area contributed by atoms with Crippen molar-refractivity contribution >= 4 is 6.03 Å². The van der Waals surface area contributed by atoms with Gasteiger partial charge < -0.3 is 10.2 Å². The van der Waals surface area contributed by atoms with Crippen molar-refractivity contribution in [1.82, 2.24) is 25.2 Å². The second-order valence-electron chi connectivity index (χ2n) is 6.56. The topological polar surface area (TPSA) is 63.1 Å². The quantitative estimate of drug-likeness (QED) is 0.935. The molecule has 6 nitrogen and oxygen atoms in total. The number of nitrogens with zero attached hydrogens (tertiary/aromatic N) is 4. The third-order valence-corrected chi connectivity index (χ3v) is 4.72. The van der Waals surface area contributed by atoms with E-state index in [4.69, 9.17) is 0 Å². The van der Waals surface area contributed by atoms with Gasteiger partial charge in [-0.25, -0.2) is 9.18 Å². The largest absolute Gasteiger partial charge is 0.332 e. The van der Waals surface area contributed by atoms with Crippen LogP contribution in [0.4, 0.5) is 9.18 Å².